The molecule has 0 atom stereocenters. The molecule has 44 heavy (non-hydrogen) atoms. The zero-order valence-corrected chi connectivity index (χ0v) is 28.4. The molecule has 0 aliphatic heterocycles. The number of thiophene rings is 1. The van der Waals surface area contributed by atoms with Crippen LogP contribution < -0.4 is 15.8 Å². The molecule has 234 valence electrons. The van der Waals surface area contributed by atoms with Gasteiger partial charge in [-0.15, -0.1) is 11.3 Å². The highest BCUT2D eigenvalue weighted by atomic mass is 35.5. The molecule has 0 aliphatic carbocycles. The first-order chi connectivity index (χ1) is 20.4. The first-order valence-electron chi connectivity index (χ1n) is 13.4. The standard InChI is InChI=1S/C20H20ClN3O5S2.C11H15NO/c1-9-8-10(2)17(15(11(9)3)13(5)25)22-19(26)18-14(6-7-30-18)31(27,28)24-20-16(21)12(4)23-29-20;1-6-5-7(2)11(12)10(8(6)3)9(4)13/h6-8,24H,1-5H3,(H,22,26);5H,12H2,1-4H3. The molecule has 0 spiro atoms. The maximum atomic E-state index is 13.0. The van der Waals surface area contributed by atoms with Crippen molar-refractivity contribution in [3.63, 3.8) is 0 Å². The normalized spacial score (nSPS) is 11.0. The van der Waals surface area contributed by atoms with Crippen LogP contribution in [0.5, 0.6) is 0 Å². The summed E-state index contributed by atoms with van der Waals surface area (Å²) < 4.78 is 32.8. The van der Waals surface area contributed by atoms with E-state index in [1.54, 1.807) is 27.7 Å². The van der Waals surface area contributed by atoms with Gasteiger partial charge >= 0.3 is 0 Å². The van der Waals surface area contributed by atoms with Gasteiger partial charge in [0.1, 0.15) is 20.5 Å². The number of nitrogens with one attached hydrogen (secondary N) is 2. The molecule has 2 heterocycles. The lowest BCUT2D eigenvalue weighted by Gasteiger charge is -2.17. The number of aromatic nitrogens is 1. The van der Waals surface area contributed by atoms with Crippen molar-refractivity contribution in [1.82, 2.24) is 5.16 Å². The highest BCUT2D eigenvalue weighted by molar-refractivity contribution is 7.93. The fraction of sp³-hybridized carbons (Fsp3) is 0.290. The van der Waals surface area contributed by atoms with Crippen molar-refractivity contribution in [2.24, 2.45) is 0 Å². The van der Waals surface area contributed by atoms with Gasteiger partial charge in [0, 0.05) is 16.8 Å². The summed E-state index contributed by atoms with van der Waals surface area (Å²) >= 11 is 6.94. The summed E-state index contributed by atoms with van der Waals surface area (Å²) in [5, 5.41) is 7.83. The van der Waals surface area contributed by atoms with E-state index in [1.807, 2.05) is 39.8 Å². The van der Waals surface area contributed by atoms with Gasteiger partial charge in [0.15, 0.2) is 11.6 Å². The molecule has 10 nitrogen and oxygen atoms in total. The monoisotopic (exact) mass is 658 g/mol. The number of nitrogens with zero attached hydrogens (tertiary/aromatic N) is 1. The highest BCUT2D eigenvalue weighted by Crippen LogP contribution is 2.32. The van der Waals surface area contributed by atoms with Gasteiger partial charge < -0.3 is 15.6 Å². The summed E-state index contributed by atoms with van der Waals surface area (Å²) in [6.07, 6.45) is 0. The Balaban J connectivity index is 0.000000340. The van der Waals surface area contributed by atoms with Crippen LogP contribution in [0.25, 0.3) is 0 Å². The summed E-state index contributed by atoms with van der Waals surface area (Å²) in [6.45, 7) is 15.8. The molecule has 0 unspecified atom stereocenters. The Morgan fingerprint density at radius 3 is 1.95 bits per heavy atom. The number of halogens is 1. The minimum absolute atomic E-state index is 0.0293. The zero-order valence-electron chi connectivity index (χ0n) is 26.0. The van der Waals surface area contributed by atoms with Crippen molar-refractivity contribution in [3.8, 4) is 0 Å². The topological polar surface area (TPSA) is 161 Å². The van der Waals surface area contributed by atoms with Crippen LogP contribution in [0.4, 0.5) is 17.3 Å². The fourth-order valence-corrected chi connectivity index (χ4v) is 7.18. The number of benzene rings is 2. The predicted molar refractivity (Wildman–Crippen MR) is 175 cm³/mol. The van der Waals surface area contributed by atoms with E-state index in [4.69, 9.17) is 21.9 Å². The average molecular weight is 659 g/mol. The quantitative estimate of drug-likeness (QED) is 0.138. The lowest BCUT2D eigenvalue weighted by molar-refractivity contribution is 0.100. The summed E-state index contributed by atoms with van der Waals surface area (Å²) in [5.41, 5.74) is 13.7. The van der Waals surface area contributed by atoms with Crippen LogP contribution in [-0.2, 0) is 10.0 Å². The van der Waals surface area contributed by atoms with Crippen LogP contribution in [0.15, 0.2) is 33.0 Å². The van der Waals surface area contributed by atoms with Gasteiger partial charge in [-0.2, -0.15) is 0 Å². The lowest BCUT2D eigenvalue weighted by Crippen LogP contribution is -2.20. The summed E-state index contributed by atoms with van der Waals surface area (Å²) in [4.78, 5) is 36.3. The molecule has 0 aliphatic rings. The largest absolute Gasteiger partial charge is 0.398 e. The van der Waals surface area contributed by atoms with E-state index in [-0.39, 0.29) is 32.2 Å². The smallest absolute Gasteiger partial charge is 0.267 e. The Labute approximate surface area is 266 Å². The summed E-state index contributed by atoms with van der Waals surface area (Å²) in [6, 6.07) is 5.18. The minimum Gasteiger partial charge on any atom is -0.398 e. The second kappa shape index (κ2) is 13.3. The molecule has 0 saturated heterocycles. The van der Waals surface area contributed by atoms with Gasteiger partial charge in [0.2, 0.25) is 0 Å². The molecule has 1 amide bonds. The van der Waals surface area contributed by atoms with Crippen molar-refractivity contribution in [3.05, 3.63) is 83.7 Å². The minimum atomic E-state index is -4.18. The molecule has 2 aromatic heterocycles. The molecular weight excluding hydrogens is 624 g/mol. The molecule has 4 aromatic rings. The molecule has 4 rings (SSSR count). The highest BCUT2D eigenvalue weighted by Gasteiger charge is 2.28. The number of carbonyl (C=O) groups excluding carboxylic acids is 3. The van der Waals surface area contributed by atoms with Crippen molar-refractivity contribution in [2.45, 2.75) is 67.2 Å². The van der Waals surface area contributed by atoms with Gasteiger partial charge in [-0.25, -0.2) is 13.1 Å². The van der Waals surface area contributed by atoms with E-state index >= 15 is 0 Å². The first-order valence-corrected chi connectivity index (χ1v) is 16.1. The predicted octanol–water partition coefficient (Wildman–Crippen LogP) is 7.28. The molecule has 0 radical (unpaired) electrons. The number of amides is 1. The van der Waals surface area contributed by atoms with Crippen LogP contribution in [0.2, 0.25) is 5.02 Å². The maximum Gasteiger partial charge on any atom is 0.267 e. The second-order valence-corrected chi connectivity index (χ2v) is 13.5. The van der Waals surface area contributed by atoms with Gasteiger partial charge in [-0.1, -0.05) is 28.9 Å². The van der Waals surface area contributed by atoms with Crippen molar-refractivity contribution in [2.75, 3.05) is 15.8 Å². The van der Waals surface area contributed by atoms with Crippen LogP contribution in [-0.4, -0.2) is 31.0 Å². The van der Waals surface area contributed by atoms with Gasteiger partial charge in [-0.3, -0.25) is 14.4 Å². The van der Waals surface area contributed by atoms with E-state index < -0.39 is 15.9 Å². The maximum absolute atomic E-state index is 13.0. The molecule has 13 heteroatoms. The summed E-state index contributed by atoms with van der Waals surface area (Å²) in [5.74, 6) is -1.04. The van der Waals surface area contributed by atoms with E-state index in [9.17, 15) is 22.8 Å². The van der Waals surface area contributed by atoms with E-state index in [0.717, 1.165) is 39.2 Å². The summed E-state index contributed by atoms with van der Waals surface area (Å²) in [7, 11) is -4.18. The van der Waals surface area contributed by atoms with E-state index in [0.29, 0.717) is 33.8 Å². The Morgan fingerprint density at radius 1 is 0.886 bits per heavy atom. The second-order valence-electron chi connectivity index (χ2n) is 10.5. The van der Waals surface area contributed by atoms with Crippen LogP contribution >= 0.6 is 22.9 Å². The third kappa shape index (κ3) is 7.03. The third-order valence-electron chi connectivity index (χ3n) is 7.22. The lowest BCUT2D eigenvalue weighted by atomic mass is 9.95. The third-order valence-corrected chi connectivity index (χ3v) is 10.1. The number of anilines is 3. The number of nitrogens with two attached hydrogens (primary N) is 1. The zero-order chi connectivity index (χ0) is 33.3. The van der Waals surface area contributed by atoms with Crippen LogP contribution in [0.3, 0.4) is 0 Å². The number of carbonyl (C=O) groups is 3. The number of Topliss-reactive ketones (excluding diaryl/α,β-unsaturated/α-hetero) is 2. The Bertz CT molecular complexity index is 1880. The Morgan fingerprint density at radius 2 is 1.43 bits per heavy atom. The number of nitrogen functional groups attached to an aromatic ring is 1. The van der Waals surface area contributed by atoms with Crippen molar-refractivity contribution < 1.29 is 27.3 Å². The van der Waals surface area contributed by atoms with Crippen molar-refractivity contribution in [1.29, 1.82) is 0 Å². The molecular formula is C31H35ClN4O6S2. The van der Waals surface area contributed by atoms with Crippen LogP contribution in [0.1, 0.15) is 83.3 Å². The average Bonchev–Trinajstić information content (AvgIpc) is 3.54. The van der Waals surface area contributed by atoms with Gasteiger partial charge in [-0.05, 0) is 107 Å². The van der Waals surface area contributed by atoms with Crippen LogP contribution in [0, 0.1) is 48.5 Å². The molecule has 0 bridgehead atoms. The fourth-order valence-electron chi connectivity index (χ4n) is 4.69. The SMILES string of the molecule is CC(=O)c1c(C)c(C)cc(C)c1N.CC(=O)c1c(C)c(C)cc(C)c1NC(=O)c1sccc1S(=O)(=O)Nc1onc(C)c1Cl. The van der Waals surface area contributed by atoms with Gasteiger partial charge in [0.05, 0.1) is 5.69 Å². The van der Waals surface area contributed by atoms with Crippen molar-refractivity contribution >= 4 is 67.7 Å². The number of hydrogen-bond donors (Lipinski definition) is 3. The van der Waals surface area contributed by atoms with E-state index in [1.165, 1.54) is 18.4 Å². The molecule has 2 aromatic carbocycles. The van der Waals surface area contributed by atoms with Gasteiger partial charge in [0.25, 0.3) is 21.8 Å². The number of sulfonamides is 1. The number of hydrogen-bond acceptors (Lipinski definition) is 9. The Hall–Kier alpha value is -4.00. The molecule has 0 saturated carbocycles. The van der Waals surface area contributed by atoms with E-state index in [2.05, 4.69) is 15.2 Å². The first kappa shape index (κ1) is 34.5. The number of aryl methyl sites for hydroxylation is 5. The molecule has 4 N–H and O–H groups in total. The molecule has 0 fully saturated rings. The number of ketones is 2. The Kier molecular flexibility index (Phi) is 10.4. The number of rotatable bonds is 7.